The van der Waals surface area contributed by atoms with Gasteiger partial charge in [0.25, 0.3) is 0 Å². The molecule has 0 aromatic heterocycles. The van der Waals surface area contributed by atoms with E-state index in [1.54, 1.807) is 0 Å². The molecule has 5 nitrogen and oxygen atoms in total. The number of hydrogen-bond acceptors (Lipinski definition) is 4. The number of nitrogens with zero attached hydrogens (tertiary/aromatic N) is 1. The zero-order valence-corrected chi connectivity index (χ0v) is 14.2. The number of halogens is 1. The molecule has 0 amide bonds. The third-order valence-electron chi connectivity index (χ3n) is 4.45. The van der Waals surface area contributed by atoms with E-state index in [4.69, 9.17) is 11.0 Å². The number of rotatable bonds is 4. The van der Waals surface area contributed by atoms with E-state index in [2.05, 4.69) is 4.72 Å². The molecular formula is C15H22ClN3O2S. The largest absolute Gasteiger partial charge is 0.329 e. The number of sulfonamides is 1. The van der Waals surface area contributed by atoms with Crippen molar-refractivity contribution in [3.8, 4) is 6.07 Å². The Bertz CT molecular complexity index is 640. The maximum Gasteiger partial charge on any atom is 0.241 e. The van der Waals surface area contributed by atoms with Gasteiger partial charge in [-0.3, -0.25) is 0 Å². The first-order valence-corrected chi connectivity index (χ1v) is 8.66. The SMILES string of the molecule is CC1CCCCC1(CN)NS(=O)(=O)c1ccc(C#N)cc1.Cl. The van der Waals surface area contributed by atoms with E-state index in [1.807, 2.05) is 13.0 Å². The van der Waals surface area contributed by atoms with Crippen LogP contribution in [0.5, 0.6) is 0 Å². The molecule has 0 aliphatic heterocycles. The van der Waals surface area contributed by atoms with Crippen LogP contribution in [0.25, 0.3) is 0 Å². The second-order valence-corrected chi connectivity index (χ2v) is 7.43. The quantitative estimate of drug-likeness (QED) is 0.875. The van der Waals surface area contributed by atoms with Crippen LogP contribution >= 0.6 is 12.4 Å². The van der Waals surface area contributed by atoms with Gasteiger partial charge in [-0.05, 0) is 43.0 Å². The van der Waals surface area contributed by atoms with Gasteiger partial charge in [-0.25, -0.2) is 13.1 Å². The van der Waals surface area contributed by atoms with Gasteiger partial charge in [0, 0.05) is 12.1 Å². The standard InChI is InChI=1S/C15H21N3O2S.ClH/c1-12-4-2-3-9-15(12,11-17)18-21(19,20)14-7-5-13(10-16)6-8-14;/h5-8,12,18H,2-4,9,11,17H2,1H3;1H. The lowest BCUT2D eigenvalue weighted by molar-refractivity contribution is 0.191. The molecule has 1 aromatic rings. The first-order chi connectivity index (χ1) is 9.93. The zero-order chi connectivity index (χ0) is 15.5. The van der Waals surface area contributed by atoms with Crippen molar-refractivity contribution in [2.75, 3.05) is 6.54 Å². The molecule has 0 saturated heterocycles. The molecule has 1 fully saturated rings. The minimum atomic E-state index is -3.63. The van der Waals surface area contributed by atoms with Gasteiger partial charge >= 0.3 is 0 Å². The average Bonchev–Trinajstić information content (AvgIpc) is 2.49. The summed E-state index contributed by atoms with van der Waals surface area (Å²) in [6.45, 7) is 2.34. The summed E-state index contributed by atoms with van der Waals surface area (Å²) in [6.07, 6.45) is 3.84. The maximum atomic E-state index is 12.6. The van der Waals surface area contributed by atoms with Crippen molar-refractivity contribution in [2.24, 2.45) is 11.7 Å². The van der Waals surface area contributed by atoms with Crippen LogP contribution in [0.1, 0.15) is 38.2 Å². The minimum absolute atomic E-state index is 0. The van der Waals surface area contributed by atoms with Crippen LogP contribution in [0.2, 0.25) is 0 Å². The Morgan fingerprint density at radius 1 is 1.36 bits per heavy atom. The highest BCUT2D eigenvalue weighted by Gasteiger charge is 2.40. The molecule has 2 rings (SSSR count). The van der Waals surface area contributed by atoms with Crippen molar-refractivity contribution >= 4 is 22.4 Å². The number of nitrogens with two attached hydrogens (primary N) is 1. The molecule has 122 valence electrons. The van der Waals surface area contributed by atoms with Gasteiger partial charge in [-0.1, -0.05) is 19.8 Å². The van der Waals surface area contributed by atoms with Crippen LogP contribution in [0, 0.1) is 17.2 Å². The Morgan fingerprint density at radius 3 is 2.50 bits per heavy atom. The second-order valence-electron chi connectivity index (χ2n) is 5.75. The molecule has 0 radical (unpaired) electrons. The lowest BCUT2D eigenvalue weighted by Crippen LogP contribution is -2.58. The molecule has 2 unspecified atom stereocenters. The van der Waals surface area contributed by atoms with Crippen molar-refractivity contribution in [1.29, 1.82) is 5.26 Å². The Hall–Kier alpha value is -1.13. The number of nitrogens with one attached hydrogen (secondary N) is 1. The van der Waals surface area contributed by atoms with Gasteiger partial charge in [-0.15, -0.1) is 12.4 Å². The fourth-order valence-corrected chi connectivity index (χ4v) is 4.48. The van der Waals surface area contributed by atoms with E-state index in [0.717, 1.165) is 25.7 Å². The topological polar surface area (TPSA) is 96.0 Å². The summed E-state index contributed by atoms with van der Waals surface area (Å²) in [6, 6.07) is 7.91. The lowest BCUT2D eigenvalue weighted by atomic mass is 9.74. The Labute approximate surface area is 138 Å². The van der Waals surface area contributed by atoms with Gasteiger partial charge in [0.1, 0.15) is 0 Å². The van der Waals surface area contributed by atoms with Gasteiger partial charge in [0.15, 0.2) is 0 Å². The summed E-state index contributed by atoms with van der Waals surface area (Å²) < 4.78 is 27.9. The van der Waals surface area contributed by atoms with Gasteiger partial charge < -0.3 is 5.73 Å². The van der Waals surface area contributed by atoms with E-state index < -0.39 is 15.6 Å². The third kappa shape index (κ3) is 3.79. The predicted octanol–water partition coefficient (Wildman–Crippen LogP) is 2.17. The molecule has 1 saturated carbocycles. The van der Waals surface area contributed by atoms with E-state index in [-0.39, 0.29) is 23.2 Å². The summed E-state index contributed by atoms with van der Waals surface area (Å²) in [4.78, 5) is 0.173. The molecule has 3 N–H and O–H groups in total. The minimum Gasteiger partial charge on any atom is -0.329 e. The average molecular weight is 344 g/mol. The fraction of sp³-hybridized carbons (Fsp3) is 0.533. The van der Waals surface area contributed by atoms with E-state index >= 15 is 0 Å². The molecule has 0 spiro atoms. The van der Waals surface area contributed by atoms with Crippen LogP contribution in [0.3, 0.4) is 0 Å². The maximum absolute atomic E-state index is 12.6. The van der Waals surface area contributed by atoms with Gasteiger partial charge in [-0.2, -0.15) is 5.26 Å². The van der Waals surface area contributed by atoms with Crippen LogP contribution in [-0.4, -0.2) is 20.5 Å². The summed E-state index contributed by atoms with van der Waals surface area (Å²) in [5, 5.41) is 8.77. The summed E-state index contributed by atoms with van der Waals surface area (Å²) in [5.41, 5.74) is 5.76. The van der Waals surface area contributed by atoms with Crippen molar-refractivity contribution in [1.82, 2.24) is 4.72 Å². The Balaban J connectivity index is 0.00000242. The highest BCUT2D eigenvalue weighted by Crippen LogP contribution is 2.34. The molecule has 22 heavy (non-hydrogen) atoms. The Morgan fingerprint density at radius 2 is 2.00 bits per heavy atom. The highest BCUT2D eigenvalue weighted by atomic mass is 35.5. The summed E-state index contributed by atoms with van der Waals surface area (Å²) in [5.74, 6) is 0.212. The third-order valence-corrected chi connectivity index (χ3v) is 6.02. The molecule has 0 heterocycles. The van der Waals surface area contributed by atoms with Gasteiger partial charge in [0.05, 0.1) is 16.5 Å². The first-order valence-electron chi connectivity index (χ1n) is 7.18. The first kappa shape index (κ1) is 18.9. The highest BCUT2D eigenvalue weighted by molar-refractivity contribution is 7.89. The molecule has 1 aliphatic carbocycles. The smallest absolute Gasteiger partial charge is 0.241 e. The normalized spacial score (nSPS) is 25.0. The zero-order valence-electron chi connectivity index (χ0n) is 12.6. The van der Waals surface area contributed by atoms with E-state index in [9.17, 15) is 8.42 Å². The molecule has 2 atom stereocenters. The number of hydrogen-bond donors (Lipinski definition) is 2. The summed E-state index contributed by atoms with van der Waals surface area (Å²) in [7, 11) is -3.63. The van der Waals surface area contributed by atoms with Crippen LogP contribution < -0.4 is 10.5 Å². The van der Waals surface area contributed by atoms with Crippen LogP contribution in [-0.2, 0) is 10.0 Å². The lowest BCUT2D eigenvalue weighted by Gasteiger charge is -2.42. The molecule has 0 bridgehead atoms. The molecule has 1 aromatic carbocycles. The van der Waals surface area contributed by atoms with Crippen molar-refractivity contribution in [2.45, 2.75) is 43.0 Å². The second kappa shape index (κ2) is 7.42. The molecule has 1 aliphatic rings. The fourth-order valence-electron chi connectivity index (χ4n) is 2.95. The monoisotopic (exact) mass is 343 g/mol. The Kier molecular flexibility index (Phi) is 6.38. The number of benzene rings is 1. The summed E-state index contributed by atoms with van der Waals surface area (Å²) >= 11 is 0. The van der Waals surface area contributed by atoms with Crippen LogP contribution in [0.4, 0.5) is 0 Å². The van der Waals surface area contributed by atoms with Gasteiger partial charge in [0.2, 0.25) is 10.0 Å². The van der Waals surface area contributed by atoms with Crippen molar-refractivity contribution in [3.63, 3.8) is 0 Å². The van der Waals surface area contributed by atoms with Crippen molar-refractivity contribution < 1.29 is 8.42 Å². The van der Waals surface area contributed by atoms with Crippen molar-refractivity contribution in [3.05, 3.63) is 29.8 Å². The molecular weight excluding hydrogens is 322 g/mol. The van der Waals surface area contributed by atoms with E-state index in [0.29, 0.717) is 12.1 Å². The van der Waals surface area contributed by atoms with E-state index in [1.165, 1.54) is 24.3 Å². The number of nitriles is 1. The molecule has 7 heteroatoms. The predicted molar refractivity (Wildman–Crippen MR) is 88.1 cm³/mol. The van der Waals surface area contributed by atoms with Crippen LogP contribution in [0.15, 0.2) is 29.2 Å².